The Balaban J connectivity index is 1.66. The third-order valence-electron chi connectivity index (χ3n) is 5.60. The lowest BCUT2D eigenvalue weighted by atomic mass is 9.97. The number of fused-ring (bicyclic) bond motifs is 1. The van der Waals surface area contributed by atoms with Gasteiger partial charge < -0.3 is 19.5 Å². The minimum absolute atomic E-state index is 0.107. The van der Waals surface area contributed by atoms with Crippen LogP contribution in [0, 0.1) is 5.41 Å². The number of nitrogens with zero attached hydrogens (tertiary/aromatic N) is 2. The van der Waals surface area contributed by atoms with Crippen LogP contribution in [0.15, 0.2) is 40.9 Å². The average molecular weight is 422 g/mol. The lowest BCUT2D eigenvalue weighted by Gasteiger charge is -2.22. The Morgan fingerprint density at radius 3 is 2.55 bits per heavy atom. The monoisotopic (exact) mass is 421 g/mol. The first-order valence-electron chi connectivity index (χ1n) is 10.8. The Morgan fingerprint density at radius 2 is 1.90 bits per heavy atom. The van der Waals surface area contributed by atoms with Gasteiger partial charge in [-0.15, -0.1) is 0 Å². The Labute approximate surface area is 183 Å². The van der Waals surface area contributed by atoms with Gasteiger partial charge >= 0.3 is 0 Å². The van der Waals surface area contributed by atoms with E-state index in [0.717, 1.165) is 58.6 Å². The van der Waals surface area contributed by atoms with Crippen molar-refractivity contribution in [1.82, 2.24) is 10.1 Å². The van der Waals surface area contributed by atoms with Crippen LogP contribution < -0.4 is 10.1 Å². The summed E-state index contributed by atoms with van der Waals surface area (Å²) in [7, 11) is 1.67. The van der Waals surface area contributed by atoms with E-state index in [1.165, 1.54) is 0 Å². The normalized spacial score (nSPS) is 14.0. The molecule has 1 saturated carbocycles. The van der Waals surface area contributed by atoms with Crippen LogP contribution in [0.3, 0.4) is 0 Å². The first kappa shape index (κ1) is 21.2. The zero-order valence-corrected chi connectivity index (χ0v) is 19.0. The van der Waals surface area contributed by atoms with E-state index in [0.29, 0.717) is 12.6 Å². The van der Waals surface area contributed by atoms with Gasteiger partial charge in [0.15, 0.2) is 11.4 Å². The molecule has 2 aromatic carbocycles. The molecule has 0 aliphatic heterocycles. The maximum absolute atomic E-state index is 12.1. The Bertz CT molecular complexity index is 1090. The van der Waals surface area contributed by atoms with Gasteiger partial charge in [-0.25, -0.2) is 0 Å². The summed E-state index contributed by atoms with van der Waals surface area (Å²) in [5.74, 6) is 1.67. The number of carbonyl (C=O) groups excluding carboxylic acids is 1. The van der Waals surface area contributed by atoms with Gasteiger partial charge in [0.25, 0.3) is 0 Å². The number of benzene rings is 2. The van der Waals surface area contributed by atoms with Crippen LogP contribution in [0.4, 0.5) is 5.82 Å². The largest absolute Gasteiger partial charge is 0.496 e. The Morgan fingerprint density at radius 1 is 1.19 bits per heavy atom. The van der Waals surface area contributed by atoms with Crippen LogP contribution in [0.25, 0.3) is 22.1 Å². The standard InChI is InChI=1S/C25H31N3O3/c1-16(29)28(20-8-9-20)14-19-12-17(6-10-22(19)30-5)18-7-11-23-21(13-18)24(27-31-23)26-15-25(2,3)4/h6-7,10-13,20H,8-9,14-15H2,1-5H3,(H,26,27). The van der Waals surface area contributed by atoms with Crippen molar-refractivity contribution in [1.29, 1.82) is 0 Å². The number of aromatic nitrogens is 1. The van der Waals surface area contributed by atoms with Crippen molar-refractivity contribution in [3.63, 3.8) is 0 Å². The molecule has 1 aromatic heterocycles. The van der Waals surface area contributed by atoms with E-state index in [-0.39, 0.29) is 11.3 Å². The van der Waals surface area contributed by atoms with Gasteiger partial charge in [-0.1, -0.05) is 38.1 Å². The second-order valence-corrected chi connectivity index (χ2v) is 9.56. The molecule has 1 heterocycles. The molecule has 6 nitrogen and oxygen atoms in total. The van der Waals surface area contributed by atoms with E-state index >= 15 is 0 Å². The molecule has 1 amide bonds. The van der Waals surface area contributed by atoms with Gasteiger partial charge in [0.05, 0.1) is 12.5 Å². The highest BCUT2D eigenvalue weighted by Gasteiger charge is 2.31. The third kappa shape index (κ3) is 4.84. The number of carbonyl (C=O) groups is 1. The molecule has 0 radical (unpaired) electrons. The number of rotatable bonds is 7. The molecule has 164 valence electrons. The number of nitrogens with one attached hydrogen (secondary N) is 1. The molecule has 3 aromatic rings. The highest BCUT2D eigenvalue weighted by atomic mass is 16.5. The molecule has 1 fully saturated rings. The van der Waals surface area contributed by atoms with Gasteiger partial charge in [-0.05, 0) is 53.6 Å². The minimum Gasteiger partial charge on any atom is -0.496 e. The van der Waals surface area contributed by atoms with Crippen molar-refractivity contribution in [2.75, 3.05) is 19.0 Å². The fourth-order valence-electron chi connectivity index (χ4n) is 3.74. The van der Waals surface area contributed by atoms with E-state index < -0.39 is 0 Å². The number of hydrogen-bond donors (Lipinski definition) is 1. The SMILES string of the molecule is COc1ccc(-c2ccc3onc(NCC(C)(C)C)c3c2)cc1CN(C(C)=O)C1CC1. The maximum atomic E-state index is 12.1. The highest BCUT2D eigenvalue weighted by Crippen LogP contribution is 2.34. The molecule has 0 bridgehead atoms. The number of amides is 1. The molecule has 4 rings (SSSR count). The van der Waals surface area contributed by atoms with Gasteiger partial charge in [-0.2, -0.15) is 0 Å². The van der Waals surface area contributed by atoms with Crippen LogP contribution in [-0.2, 0) is 11.3 Å². The quantitative estimate of drug-likeness (QED) is 0.548. The molecule has 31 heavy (non-hydrogen) atoms. The van der Waals surface area contributed by atoms with Crippen LogP contribution in [0.2, 0.25) is 0 Å². The summed E-state index contributed by atoms with van der Waals surface area (Å²) in [4.78, 5) is 14.1. The van der Waals surface area contributed by atoms with Crippen molar-refractivity contribution in [2.24, 2.45) is 5.41 Å². The first-order valence-corrected chi connectivity index (χ1v) is 10.8. The van der Waals surface area contributed by atoms with E-state index in [1.807, 2.05) is 23.1 Å². The zero-order chi connectivity index (χ0) is 22.2. The number of hydrogen-bond acceptors (Lipinski definition) is 5. The van der Waals surface area contributed by atoms with Crippen LogP contribution >= 0.6 is 0 Å². The van der Waals surface area contributed by atoms with Crippen molar-refractivity contribution in [2.45, 2.75) is 53.1 Å². The van der Waals surface area contributed by atoms with Gasteiger partial charge in [0, 0.05) is 31.6 Å². The fraction of sp³-hybridized carbons (Fsp3) is 0.440. The van der Waals surface area contributed by atoms with Crippen LogP contribution in [-0.4, -0.2) is 35.7 Å². The van der Waals surface area contributed by atoms with Gasteiger partial charge in [0.2, 0.25) is 5.91 Å². The number of ether oxygens (including phenoxy) is 1. The van der Waals surface area contributed by atoms with E-state index in [2.05, 4.69) is 49.4 Å². The molecular formula is C25H31N3O3. The van der Waals surface area contributed by atoms with E-state index in [4.69, 9.17) is 9.26 Å². The van der Waals surface area contributed by atoms with E-state index in [9.17, 15) is 4.79 Å². The van der Waals surface area contributed by atoms with Gasteiger partial charge in [-0.3, -0.25) is 4.79 Å². The lowest BCUT2D eigenvalue weighted by molar-refractivity contribution is -0.130. The van der Waals surface area contributed by atoms with Crippen molar-refractivity contribution in [3.05, 3.63) is 42.0 Å². The summed E-state index contributed by atoms with van der Waals surface area (Å²) in [6.07, 6.45) is 2.16. The molecule has 6 heteroatoms. The van der Waals surface area contributed by atoms with E-state index in [1.54, 1.807) is 14.0 Å². The summed E-state index contributed by atoms with van der Waals surface area (Å²) in [6.45, 7) is 9.54. The summed E-state index contributed by atoms with van der Waals surface area (Å²) < 4.78 is 11.1. The zero-order valence-electron chi connectivity index (χ0n) is 19.0. The summed E-state index contributed by atoms with van der Waals surface area (Å²) in [5, 5.41) is 8.58. The molecule has 1 N–H and O–H groups in total. The van der Waals surface area contributed by atoms with Crippen molar-refractivity contribution in [3.8, 4) is 16.9 Å². The average Bonchev–Trinajstić information content (AvgIpc) is 3.48. The first-order chi connectivity index (χ1) is 14.7. The second kappa shape index (κ2) is 8.25. The lowest BCUT2D eigenvalue weighted by Crippen LogP contribution is -2.30. The summed E-state index contributed by atoms with van der Waals surface area (Å²) in [6, 6.07) is 12.6. The molecular weight excluding hydrogens is 390 g/mol. The molecule has 0 spiro atoms. The molecule has 0 unspecified atom stereocenters. The Hall–Kier alpha value is -3.02. The Kier molecular flexibility index (Phi) is 5.65. The summed E-state index contributed by atoms with van der Waals surface area (Å²) in [5.41, 5.74) is 4.04. The predicted octanol–water partition coefficient (Wildman–Crippen LogP) is 5.47. The van der Waals surface area contributed by atoms with Crippen LogP contribution in [0.1, 0.15) is 46.1 Å². The predicted molar refractivity (Wildman–Crippen MR) is 123 cm³/mol. The highest BCUT2D eigenvalue weighted by molar-refractivity contribution is 5.92. The molecule has 0 atom stereocenters. The van der Waals surface area contributed by atoms with Crippen molar-refractivity contribution < 1.29 is 14.1 Å². The number of anilines is 1. The van der Waals surface area contributed by atoms with Gasteiger partial charge in [0.1, 0.15) is 5.75 Å². The smallest absolute Gasteiger partial charge is 0.219 e. The third-order valence-corrected chi connectivity index (χ3v) is 5.60. The minimum atomic E-state index is 0.107. The fourth-order valence-corrected chi connectivity index (χ4v) is 3.74. The topological polar surface area (TPSA) is 67.6 Å². The molecule has 1 aliphatic rings. The number of methoxy groups -OCH3 is 1. The second-order valence-electron chi connectivity index (χ2n) is 9.56. The van der Waals surface area contributed by atoms with Crippen molar-refractivity contribution >= 4 is 22.7 Å². The summed E-state index contributed by atoms with van der Waals surface area (Å²) >= 11 is 0. The molecule has 0 saturated heterocycles. The molecule has 1 aliphatic carbocycles. The van der Waals surface area contributed by atoms with Crippen LogP contribution in [0.5, 0.6) is 5.75 Å². The maximum Gasteiger partial charge on any atom is 0.219 e.